The van der Waals surface area contributed by atoms with E-state index in [1.165, 1.54) is 13.5 Å². The average Bonchev–Trinajstić information content (AvgIpc) is 2.94. The third kappa shape index (κ3) is 2.75. The highest BCUT2D eigenvalue weighted by Crippen LogP contribution is 2.51. The molecule has 0 spiro atoms. The van der Waals surface area contributed by atoms with Crippen LogP contribution in [0.25, 0.3) is 0 Å². The van der Waals surface area contributed by atoms with Crippen LogP contribution < -0.4 is 5.32 Å². The molecule has 4 nitrogen and oxygen atoms in total. The van der Waals surface area contributed by atoms with Gasteiger partial charge in [0.05, 0.1) is 7.11 Å². The number of ether oxygens (including phenoxy) is 1. The molecule has 1 aliphatic carbocycles. The van der Waals surface area contributed by atoms with Crippen LogP contribution in [0.15, 0.2) is 18.3 Å². The number of anilines is 1. The van der Waals surface area contributed by atoms with E-state index in [1.807, 2.05) is 6.07 Å². The molecule has 1 saturated carbocycles. The number of aromatic nitrogens is 1. The first-order chi connectivity index (χ1) is 8.03. The molecule has 0 saturated heterocycles. The summed E-state index contributed by atoms with van der Waals surface area (Å²) in [4.78, 5) is 15.3. The van der Waals surface area contributed by atoms with E-state index in [9.17, 15) is 4.79 Å². The molecule has 17 heavy (non-hydrogen) atoms. The predicted molar refractivity (Wildman–Crippen MR) is 66.0 cm³/mol. The molecule has 1 N–H and O–H groups in total. The zero-order valence-electron chi connectivity index (χ0n) is 10.5. The fourth-order valence-corrected chi connectivity index (χ4v) is 1.92. The highest BCUT2D eigenvalue weighted by atomic mass is 16.5. The second kappa shape index (κ2) is 4.35. The largest absolute Gasteiger partial charge is 0.464 e. The fraction of sp³-hybridized carbons (Fsp3) is 0.538. The van der Waals surface area contributed by atoms with E-state index < -0.39 is 5.97 Å². The van der Waals surface area contributed by atoms with E-state index in [1.54, 1.807) is 12.3 Å². The van der Waals surface area contributed by atoms with Crippen molar-refractivity contribution in [3.8, 4) is 0 Å². The van der Waals surface area contributed by atoms with E-state index >= 15 is 0 Å². The third-order valence-electron chi connectivity index (χ3n) is 3.42. The zero-order valence-corrected chi connectivity index (χ0v) is 10.5. The van der Waals surface area contributed by atoms with E-state index in [0.29, 0.717) is 11.1 Å². The Labute approximate surface area is 101 Å². The van der Waals surface area contributed by atoms with Crippen molar-refractivity contribution in [1.82, 2.24) is 4.98 Å². The quantitative estimate of drug-likeness (QED) is 0.812. The lowest BCUT2D eigenvalue weighted by molar-refractivity contribution is 0.0594. The topological polar surface area (TPSA) is 51.2 Å². The van der Waals surface area contributed by atoms with Crippen molar-refractivity contribution in [2.24, 2.45) is 11.3 Å². The molecule has 1 aliphatic rings. The first-order valence-corrected chi connectivity index (χ1v) is 5.81. The first kappa shape index (κ1) is 11.9. The number of carbonyl (C=O) groups is 1. The van der Waals surface area contributed by atoms with E-state index in [4.69, 9.17) is 0 Å². The standard InChI is InChI=1S/C13H18N2O2/c1-13(2)7-9(13)8-15-10-4-5-14-11(6-10)12(16)17-3/h4-6,9H,7-8H2,1-3H3,(H,14,15). The molecular formula is C13H18N2O2. The Morgan fingerprint density at radius 2 is 2.35 bits per heavy atom. The lowest BCUT2D eigenvalue weighted by Gasteiger charge is -2.08. The summed E-state index contributed by atoms with van der Waals surface area (Å²) in [6.07, 6.45) is 2.88. The summed E-state index contributed by atoms with van der Waals surface area (Å²) in [7, 11) is 1.36. The summed E-state index contributed by atoms with van der Waals surface area (Å²) in [6, 6.07) is 3.59. The number of hydrogen-bond donors (Lipinski definition) is 1. The van der Waals surface area contributed by atoms with Gasteiger partial charge in [-0.1, -0.05) is 13.8 Å². The van der Waals surface area contributed by atoms with Crippen molar-refractivity contribution in [3.63, 3.8) is 0 Å². The van der Waals surface area contributed by atoms with Crippen LogP contribution in [0, 0.1) is 11.3 Å². The second-order valence-corrected chi connectivity index (χ2v) is 5.19. The molecule has 0 aromatic carbocycles. The van der Waals surface area contributed by atoms with Crippen LogP contribution in [0.5, 0.6) is 0 Å². The molecule has 0 aliphatic heterocycles. The molecule has 1 heterocycles. The number of pyridine rings is 1. The molecule has 0 radical (unpaired) electrons. The predicted octanol–water partition coefficient (Wildman–Crippen LogP) is 2.33. The zero-order chi connectivity index (χ0) is 12.5. The van der Waals surface area contributed by atoms with Gasteiger partial charge in [-0.25, -0.2) is 9.78 Å². The monoisotopic (exact) mass is 234 g/mol. The van der Waals surface area contributed by atoms with Crippen LogP contribution in [-0.2, 0) is 4.74 Å². The Kier molecular flexibility index (Phi) is 3.05. The number of methoxy groups -OCH3 is 1. The number of carbonyl (C=O) groups excluding carboxylic acids is 1. The van der Waals surface area contributed by atoms with Gasteiger partial charge in [-0.2, -0.15) is 0 Å². The third-order valence-corrected chi connectivity index (χ3v) is 3.42. The van der Waals surface area contributed by atoms with Gasteiger partial charge in [0.15, 0.2) is 0 Å². The number of nitrogens with one attached hydrogen (secondary N) is 1. The Hall–Kier alpha value is -1.58. The van der Waals surface area contributed by atoms with Gasteiger partial charge in [0.25, 0.3) is 0 Å². The lowest BCUT2D eigenvalue weighted by Crippen LogP contribution is -2.09. The summed E-state index contributed by atoms with van der Waals surface area (Å²) in [5.41, 5.74) is 1.72. The van der Waals surface area contributed by atoms with Crippen LogP contribution >= 0.6 is 0 Å². The Balaban J connectivity index is 1.95. The molecule has 0 amide bonds. The van der Waals surface area contributed by atoms with Crippen molar-refractivity contribution < 1.29 is 9.53 Å². The summed E-state index contributed by atoms with van der Waals surface area (Å²) in [6.45, 7) is 5.48. The maximum Gasteiger partial charge on any atom is 0.356 e. The molecule has 0 bridgehead atoms. The summed E-state index contributed by atoms with van der Waals surface area (Å²) >= 11 is 0. The molecule has 92 valence electrons. The molecule has 1 fully saturated rings. The van der Waals surface area contributed by atoms with Crippen molar-refractivity contribution in [2.75, 3.05) is 19.0 Å². The Bertz CT molecular complexity index is 429. The van der Waals surface area contributed by atoms with Gasteiger partial charge in [-0.15, -0.1) is 0 Å². The molecule has 1 aromatic rings. The van der Waals surface area contributed by atoms with Crippen LogP contribution in [-0.4, -0.2) is 24.6 Å². The minimum atomic E-state index is -0.402. The highest BCUT2D eigenvalue weighted by Gasteiger charge is 2.44. The molecular weight excluding hydrogens is 216 g/mol. The van der Waals surface area contributed by atoms with E-state index in [-0.39, 0.29) is 0 Å². The summed E-state index contributed by atoms with van der Waals surface area (Å²) in [5.74, 6) is 0.317. The summed E-state index contributed by atoms with van der Waals surface area (Å²) < 4.78 is 4.63. The Morgan fingerprint density at radius 3 is 2.94 bits per heavy atom. The van der Waals surface area contributed by atoms with Crippen molar-refractivity contribution in [3.05, 3.63) is 24.0 Å². The maximum absolute atomic E-state index is 11.3. The molecule has 1 aromatic heterocycles. The van der Waals surface area contributed by atoms with E-state index in [2.05, 4.69) is 28.9 Å². The molecule has 2 rings (SSSR count). The van der Waals surface area contributed by atoms with Gasteiger partial charge in [0.1, 0.15) is 5.69 Å². The summed E-state index contributed by atoms with van der Waals surface area (Å²) in [5, 5.41) is 3.33. The van der Waals surface area contributed by atoms with E-state index in [0.717, 1.165) is 18.2 Å². The minimum absolute atomic E-state index is 0.340. The van der Waals surface area contributed by atoms with Gasteiger partial charge in [0.2, 0.25) is 0 Å². The number of hydrogen-bond acceptors (Lipinski definition) is 4. The van der Waals surface area contributed by atoms with Gasteiger partial charge >= 0.3 is 5.97 Å². The lowest BCUT2D eigenvalue weighted by atomic mass is 10.1. The van der Waals surface area contributed by atoms with Crippen molar-refractivity contribution in [1.29, 1.82) is 0 Å². The molecule has 4 heteroatoms. The molecule has 1 atom stereocenters. The number of nitrogens with zero attached hydrogens (tertiary/aromatic N) is 1. The maximum atomic E-state index is 11.3. The van der Waals surface area contributed by atoms with Crippen molar-refractivity contribution >= 4 is 11.7 Å². The molecule has 1 unspecified atom stereocenters. The SMILES string of the molecule is COC(=O)c1cc(NCC2CC2(C)C)ccn1. The van der Waals surface area contributed by atoms with Crippen LogP contribution in [0.2, 0.25) is 0 Å². The van der Waals surface area contributed by atoms with Gasteiger partial charge in [-0.05, 0) is 29.9 Å². The number of rotatable bonds is 4. The number of esters is 1. The van der Waals surface area contributed by atoms with Crippen LogP contribution in [0.3, 0.4) is 0 Å². The Morgan fingerprint density at radius 1 is 1.65 bits per heavy atom. The smallest absolute Gasteiger partial charge is 0.356 e. The van der Waals surface area contributed by atoms with Gasteiger partial charge < -0.3 is 10.1 Å². The average molecular weight is 234 g/mol. The van der Waals surface area contributed by atoms with Crippen molar-refractivity contribution in [2.45, 2.75) is 20.3 Å². The van der Waals surface area contributed by atoms with Crippen LogP contribution in [0.1, 0.15) is 30.8 Å². The highest BCUT2D eigenvalue weighted by molar-refractivity contribution is 5.88. The van der Waals surface area contributed by atoms with Crippen LogP contribution in [0.4, 0.5) is 5.69 Å². The second-order valence-electron chi connectivity index (χ2n) is 5.19. The minimum Gasteiger partial charge on any atom is -0.464 e. The van der Waals surface area contributed by atoms with Gasteiger partial charge in [-0.3, -0.25) is 0 Å². The first-order valence-electron chi connectivity index (χ1n) is 5.81. The van der Waals surface area contributed by atoms with Gasteiger partial charge in [0, 0.05) is 18.4 Å². The normalized spacial score (nSPS) is 20.8. The fourth-order valence-electron chi connectivity index (χ4n) is 1.92.